The van der Waals surface area contributed by atoms with Crippen molar-refractivity contribution in [3.8, 4) is 17.2 Å². The highest BCUT2D eigenvalue weighted by Crippen LogP contribution is 2.34. The Morgan fingerprint density at radius 3 is 2.32 bits per heavy atom. The predicted molar refractivity (Wildman–Crippen MR) is 125 cm³/mol. The first-order valence-electron chi connectivity index (χ1n) is 9.92. The van der Waals surface area contributed by atoms with Gasteiger partial charge in [-0.2, -0.15) is 13.2 Å². The fourth-order valence-electron chi connectivity index (χ4n) is 3.46. The molecular formula is C20H32F3IN4O3. The number of methoxy groups -OCH3 is 3. The average molecular weight is 560 g/mol. The average Bonchev–Trinajstić information content (AvgIpc) is 3.12. The number of rotatable bonds is 9. The lowest BCUT2D eigenvalue weighted by molar-refractivity contribution is -0.143. The Balaban J connectivity index is 0.00000480. The molecule has 0 amide bonds. The van der Waals surface area contributed by atoms with Crippen molar-refractivity contribution >= 4 is 29.9 Å². The summed E-state index contributed by atoms with van der Waals surface area (Å²) in [6.07, 6.45) is -2.97. The Morgan fingerprint density at radius 1 is 1.16 bits per heavy atom. The van der Waals surface area contributed by atoms with Crippen molar-refractivity contribution in [1.82, 2.24) is 15.5 Å². The number of ether oxygens (including phenoxy) is 3. The molecule has 2 N–H and O–H groups in total. The summed E-state index contributed by atoms with van der Waals surface area (Å²) < 4.78 is 53.9. The number of hydrogen-bond acceptors (Lipinski definition) is 5. The molecule has 0 bridgehead atoms. The monoisotopic (exact) mass is 560 g/mol. The number of aliphatic imine (C=N–C) groups is 1. The van der Waals surface area contributed by atoms with E-state index in [9.17, 15) is 13.2 Å². The lowest BCUT2D eigenvalue weighted by Gasteiger charge is -2.20. The SMILES string of the molecule is CCNC(=NCCc1c(OC)cc(OC)cc1OC)NC1CCN(CC(F)(F)F)C1.I. The van der Waals surface area contributed by atoms with E-state index in [1.165, 1.54) is 4.90 Å². The largest absolute Gasteiger partial charge is 0.496 e. The molecule has 2 rings (SSSR count). The molecular weight excluding hydrogens is 528 g/mol. The Kier molecular flexibility index (Phi) is 11.5. The summed E-state index contributed by atoms with van der Waals surface area (Å²) in [6.45, 7) is 2.92. The second kappa shape index (κ2) is 13.0. The van der Waals surface area contributed by atoms with Gasteiger partial charge < -0.3 is 24.8 Å². The van der Waals surface area contributed by atoms with Gasteiger partial charge in [0.15, 0.2) is 5.96 Å². The summed E-state index contributed by atoms with van der Waals surface area (Å²) in [5.41, 5.74) is 0.873. The zero-order valence-corrected chi connectivity index (χ0v) is 20.7. The maximum Gasteiger partial charge on any atom is 0.401 e. The molecule has 1 heterocycles. The van der Waals surface area contributed by atoms with Crippen LogP contribution in [0.25, 0.3) is 0 Å². The second-order valence-electron chi connectivity index (χ2n) is 7.00. The van der Waals surface area contributed by atoms with Crippen molar-refractivity contribution in [2.45, 2.75) is 32.0 Å². The quantitative estimate of drug-likeness (QED) is 0.275. The summed E-state index contributed by atoms with van der Waals surface area (Å²) in [6, 6.07) is 3.51. The molecule has 1 aliphatic rings. The van der Waals surface area contributed by atoms with Crippen LogP contribution in [-0.2, 0) is 6.42 Å². The molecule has 1 unspecified atom stereocenters. The van der Waals surface area contributed by atoms with Gasteiger partial charge in [-0.1, -0.05) is 0 Å². The van der Waals surface area contributed by atoms with Crippen LogP contribution in [0.3, 0.4) is 0 Å². The fourth-order valence-corrected chi connectivity index (χ4v) is 3.46. The summed E-state index contributed by atoms with van der Waals surface area (Å²) in [5.74, 6) is 2.52. The van der Waals surface area contributed by atoms with E-state index in [4.69, 9.17) is 14.2 Å². The standard InChI is InChI=1S/C20H31F3N4O3.HI/c1-5-24-19(26-14-7-9-27(12-14)13-20(21,22)23)25-8-6-16-17(29-3)10-15(28-2)11-18(16)30-4;/h10-11,14H,5-9,12-13H2,1-4H3,(H2,24,25,26);1H. The van der Waals surface area contributed by atoms with Crippen LogP contribution in [0.4, 0.5) is 13.2 Å². The number of hydrogen-bond donors (Lipinski definition) is 2. The van der Waals surface area contributed by atoms with E-state index in [2.05, 4.69) is 15.6 Å². The molecule has 0 spiro atoms. The molecule has 1 atom stereocenters. The lowest BCUT2D eigenvalue weighted by atomic mass is 10.1. The highest BCUT2D eigenvalue weighted by atomic mass is 127. The molecule has 0 aliphatic carbocycles. The van der Waals surface area contributed by atoms with Crippen molar-refractivity contribution in [2.24, 2.45) is 4.99 Å². The Bertz CT molecular complexity index is 694. The molecule has 178 valence electrons. The van der Waals surface area contributed by atoms with Gasteiger partial charge in [-0.3, -0.25) is 9.89 Å². The second-order valence-corrected chi connectivity index (χ2v) is 7.00. The Labute approximate surface area is 198 Å². The van der Waals surface area contributed by atoms with E-state index in [0.29, 0.717) is 62.2 Å². The first kappa shape index (κ1) is 27.4. The van der Waals surface area contributed by atoms with Gasteiger partial charge in [0.1, 0.15) is 17.2 Å². The normalized spacial score (nSPS) is 17.1. The number of alkyl halides is 3. The highest BCUT2D eigenvalue weighted by Gasteiger charge is 2.34. The van der Waals surface area contributed by atoms with Crippen molar-refractivity contribution in [3.63, 3.8) is 0 Å². The van der Waals surface area contributed by atoms with Gasteiger partial charge in [0.05, 0.1) is 27.9 Å². The molecule has 1 fully saturated rings. The Hall–Kier alpha value is -1.63. The fraction of sp³-hybridized carbons (Fsp3) is 0.650. The molecule has 1 aromatic rings. The van der Waals surface area contributed by atoms with Gasteiger partial charge in [0.2, 0.25) is 0 Å². The lowest BCUT2D eigenvalue weighted by Crippen LogP contribution is -2.45. The van der Waals surface area contributed by atoms with Gasteiger partial charge in [0, 0.05) is 49.9 Å². The summed E-state index contributed by atoms with van der Waals surface area (Å²) in [4.78, 5) is 5.99. The van der Waals surface area contributed by atoms with Gasteiger partial charge in [-0.15, -0.1) is 24.0 Å². The number of nitrogens with one attached hydrogen (secondary N) is 2. The first-order valence-corrected chi connectivity index (χ1v) is 9.92. The summed E-state index contributed by atoms with van der Waals surface area (Å²) >= 11 is 0. The van der Waals surface area contributed by atoms with Crippen molar-refractivity contribution in [3.05, 3.63) is 17.7 Å². The smallest absolute Gasteiger partial charge is 0.401 e. The van der Waals surface area contributed by atoms with E-state index in [-0.39, 0.29) is 30.0 Å². The molecule has 0 saturated carbocycles. The maximum atomic E-state index is 12.6. The van der Waals surface area contributed by atoms with Crippen LogP contribution in [0.15, 0.2) is 17.1 Å². The van der Waals surface area contributed by atoms with Crippen LogP contribution in [-0.4, -0.2) is 77.1 Å². The third-order valence-electron chi connectivity index (χ3n) is 4.81. The zero-order chi connectivity index (χ0) is 22.1. The number of benzene rings is 1. The van der Waals surface area contributed by atoms with E-state index in [1.807, 2.05) is 6.92 Å². The molecule has 1 saturated heterocycles. The van der Waals surface area contributed by atoms with Gasteiger partial charge in [-0.05, 0) is 19.8 Å². The summed E-state index contributed by atoms with van der Waals surface area (Å²) in [5, 5.41) is 6.39. The van der Waals surface area contributed by atoms with Gasteiger partial charge >= 0.3 is 6.18 Å². The third kappa shape index (κ3) is 8.79. The molecule has 1 aromatic carbocycles. The van der Waals surface area contributed by atoms with Crippen LogP contribution in [0.5, 0.6) is 17.2 Å². The van der Waals surface area contributed by atoms with E-state index in [0.717, 1.165) is 5.56 Å². The molecule has 0 aromatic heterocycles. The van der Waals surface area contributed by atoms with Crippen LogP contribution in [0.1, 0.15) is 18.9 Å². The Morgan fingerprint density at radius 2 is 1.81 bits per heavy atom. The van der Waals surface area contributed by atoms with Crippen LogP contribution in [0, 0.1) is 0 Å². The minimum Gasteiger partial charge on any atom is -0.496 e. The molecule has 31 heavy (non-hydrogen) atoms. The van der Waals surface area contributed by atoms with Crippen molar-refractivity contribution < 1.29 is 27.4 Å². The number of nitrogens with zero attached hydrogens (tertiary/aromatic N) is 2. The molecule has 7 nitrogen and oxygen atoms in total. The van der Waals surface area contributed by atoms with E-state index >= 15 is 0 Å². The highest BCUT2D eigenvalue weighted by molar-refractivity contribution is 14.0. The van der Waals surface area contributed by atoms with Crippen LogP contribution in [0.2, 0.25) is 0 Å². The molecule has 1 aliphatic heterocycles. The molecule has 0 radical (unpaired) electrons. The van der Waals surface area contributed by atoms with E-state index in [1.54, 1.807) is 33.5 Å². The number of likely N-dealkylation sites (tertiary alicyclic amines) is 1. The number of guanidine groups is 1. The number of halogens is 4. The predicted octanol–water partition coefficient (Wildman–Crippen LogP) is 3.06. The van der Waals surface area contributed by atoms with Gasteiger partial charge in [0.25, 0.3) is 0 Å². The third-order valence-corrected chi connectivity index (χ3v) is 4.81. The molecule has 11 heteroatoms. The minimum absolute atomic E-state index is 0. The maximum absolute atomic E-state index is 12.6. The topological polar surface area (TPSA) is 67.4 Å². The van der Waals surface area contributed by atoms with Crippen molar-refractivity contribution in [2.75, 3.05) is 54.1 Å². The van der Waals surface area contributed by atoms with Gasteiger partial charge in [-0.25, -0.2) is 0 Å². The van der Waals surface area contributed by atoms with E-state index < -0.39 is 12.7 Å². The van der Waals surface area contributed by atoms with Crippen molar-refractivity contribution in [1.29, 1.82) is 0 Å². The first-order chi connectivity index (χ1) is 14.3. The van der Waals surface area contributed by atoms with Crippen LogP contribution >= 0.6 is 24.0 Å². The minimum atomic E-state index is -4.18. The zero-order valence-electron chi connectivity index (χ0n) is 18.3. The van der Waals surface area contributed by atoms with Crippen LogP contribution < -0.4 is 24.8 Å². The summed E-state index contributed by atoms with van der Waals surface area (Å²) in [7, 11) is 4.74.